The van der Waals surface area contributed by atoms with Gasteiger partial charge in [-0.2, -0.15) is 0 Å². The normalized spacial score (nSPS) is 24.1. The minimum absolute atomic E-state index is 0.0834. The summed E-state index contributed by atoms with van der Waals surface area (Å²) in [6.45, 7) is 2.18. The first kappa shape index (κ1) is 12.9. The van der Waals surface area contributed by atoms with Crippen molar-refractivity contribution in [1.29, 1.82) is 0 Å². The molecule has 1 aliphatic rings. The predicted molar refractivity (Wildman–Crippen MR) is 70.1 cm³/mol. The molecule has 0 unspecified atom stereocenters. The van der Waals surface area contributed by atoms with Gasteiger partial charge < -0.3 is 16.2 Å². The van der Waals surface area contributed by atoms with Crippen LogP contribution in [0.15, 0.2) is 24.3 Å². The minimum Gasteiger partial charge on any atom is -0.508 e. The Balaban J connectivity index is 1.81. The van der Waals surface area contributed by atoms with Crippen molar-refractivity contribution >= 4 is 5.91 Å². The van der Waals surface area contributed by atoms with Crippen LogP contribution in [0.25, 0.3) is 0 Å². The molecule has 1 amide bonds. The summed E-state index contributed by atoms with van der Waals surface area (Å²) in [5.74, 6) is 0.851. The largest absolute Gasteiger partial charge is 0.508 e. The summed E-state index contributed by atoms with van der Waals surface area (Å²) >= 11 is 0. The fourth-order valence-corrected chi connectivity index (χ4v) is 2.31. The molecule has 0 aromatic heterocycles. The van der Waals surface area contributed by atoms with Crippen LogP contribution in [0, 0.1) is 5.92 Å². The summed E-state index contributed by atoms with van der Waals surface area (Å²) in [4.78, 5) is 11.8. The molecule has 4 heteroatoms. The number of hydrogen-bond acceptors (Lipinski definition) is 3. The number of nitrogens with one attached hydrogen (secondary N) is 1. The van der Waals surface area contributed by atoms with Crippen LogP contribution >= 0.6 is 0 Å². The van der Waals surface area contributed by atoms with E-state index < -0.39 is 6.04 Å². The third-order valence-corrected chi connectivity index (χ3v) is 3.45. The van der Waals surface area contributed by atoms with Gasteiger partial charge in [0.2, 0.25) is 5.91 Å². The number of amides is 1. The van der Waals surface area contributed by atoms with E-state index >= 15 is 0 Å². The van der Waals surface area contributed by atoms with Crippen molar-refractivity contribution in [3.8, 4) is 5.75 Å². The van der Waals surface area contributed by atoms with E-state index in [-0.39, 0.29) is 11.7 Å². The maximum atomic E-state index is 11.8. The Kier molecular flexibility index (Phi) is 3.87. The Hall–Kier alpha value is -1.55. The van der Waals surface area contributed by atoms with Gasteiger partial charge in [0, 0.05) is 6.04 Å². The van der Waals surface area contributed by atoms with Gasteiger partial charge in [-0.3, -0.25) is 4.79 Å². The van der Waals surface area contributed by atoms with Gasteiger partial charge in [-0.05, 0) is 42.9 Å². The smallest absolute Gasteiger partial charge is 0.237 e. The molecule has 98 valence electrons. The Morgan fingerprint density at radius 2 is 2.06 bits per heavy atom. The minimum atomic E-state index is -0.523. The van der Waals surface area contributed by atoms with Crippen LogP contribution in [0.2, 0.25) is 0 Å². The molecule has 4 N–H and O–H groups in total. The number of nitrogens with two attached hydrogens (primary N) is 1. The average Bonchev–Trinajstić information content (AvgIpc) is 2.30. The molecule has 0 radical (unpaired) electrons. The Bertz CT molecular complexity index is 410. The van der Waals surface area contributed by atoms with E-state index in [1.165, 1.54) is 0 Å². The molecule has 0 heterocycles. The lowest BCUT2D eigenvalue weighted by molar-refractivity contribution is -0.123. The molecule has 18 heavy (non-hydrogen) atoms. The van der Waals surface area contributed by atoms with Crippen LogP contribution < -0.4 is 11.1 Å². The third kappa shape index (κ3) is 3.23. The third-order valence-electron chi connectivity index (χ3n) is 3.45. The highest BCUT2D eigenvalue weighted by molar-refractivity contribution is 5.82. The molecule has 0 spiro atoms. The van der Waals surface area contributed by atoms with E-state index in [0.717, 1.165) is 18.4 Å². The number of rotatable bonds is 4. The molecule has 1 aromatic rings. The Morgan fingerprint density at radius 1 is 1.44 bits per heavy atom. The molecule has 4 nitrogen and oxygen atoms in total. The summed E-state index contributed by atoms with van der Waals surface area (Å²) in [6.07, 6.45) is 2.60. The number of phenolic OH excluding ortho intramolecular Hbond substituents is 1. The van der Waals surface area contributed by atoms with Crippen LogP contribution in [-0.4, -0.2) is 23.1 Å². The van der Waals surface area contributed by atoms with Gasteiger partial charge in [0.25, 0.3) is 0 Å². The van der Waals surface area contributed by atoms with Gasteiger partial charge in [-0.1, -0.05) is 19.1 Å². The average molecular weight is 248 g/mol. The van der Waals surface area contributed by atoms with E-state index in [1.807, 2.05) is 0 Å². The molecule has 1 aromatic carbocycles. The number of carbonyl (C=O) groups excluding carboxylic acids is 1. The van der Waals surface area contributed by atoms with E-state index in [9.17, 15) is 9.90 Å². The monoisotopic (exact) mass is 248 g/mol. The quantitative estimate of drug-likeness (QED) is 0.749. The first-order valence-electron chi connectivity index (χ1n) is 6.38. The van der Waals surface area contributed by atoms with Gasteiger partial charge in [-0.15, -0.1) is 0 Å². The topological polar surface area (TPSA) is 75.4 Å². The zero-order valence-electron chi connectivity index (χ0n) is 10.6. The summed E-state index contributed by atoms with van der Waals surface area (Å²) in [6, 6.07) is 6.56. The van der Waals surface area contributed by atoms with Gasteiger partial charge in [0.1, 0.15) is 5.75 Å². The molecule has 2 rings (SSSR count). The fourth-order valence-electron chi connectivity index (χ4n) is 2.31. The van der Waals surface area contributed by atoms with Gasteiger partial charge in [0.05, 0.1) is 6.04 Å². The highest BCUT2D eigenvalue weighted by Gasteiger charge is 2.28. The van der Waals surface area contributed by atoms with Gasteiger partial charge in [0.15, 0.2) is 0 Å². The molecule has 1 saturated carbocycles. The van der Waals surface area contributed by atoms with Crippen molar-refractivity contribution in [1.82, 2.24) is 5.32 Å². The van der Waals surface area contributed by atoms with E-state index in [4.69, 9.17) is 5.73 Å². The van der Waals surface area contributed by atoms with Crippen molar-refractivity contribution in [2.45, 2.75) is 38.3 Å². The summed E-state index contributed by atoms with van der Waals surface area (Å²) < 4.78 is 0. The number of phenols is 1. The van der Waals surface area contributed by atoms with Crippen LogP contribution in [0.5, 0.6) is 5.75 Å². The SMILES string of the molecule is CC1CC(NC(=O)[C@@H](N)Cc2ccc(O)cc2)C1. The van der Waals surface area contributed by atoms with Crippen LogP contribution in [0.3, 0.4) is 0 Å². The lowest BCUT2D eigenvalue weighted by atomic mass is 9.82. The second kappa shape index (κ2) is 5.40. The first-order valence-corrected chi connectivity index (χ1v) is 6.38. The highest BCUT2D eigenvalue weighted by atomic mass is 16.3. The molecule has 1 aliphatic carbocycles. The number of aromatic hydroxyl groups is 1. The lowest BCUT2D eigenvalue weighted by Gasteiger charge is -2.34. The molecule has 1 fully saturated rings. The van der Waals surface area contributed by atoms with Crippen LogP contribution in [-0.2, 0) is 11.2 Å². The van der Waals surface area contributed by atoms with Crippen molar-refractivity contribution in [2.75, 3.05) is 0 Å². The highest BCUT2D eigenvalue weighted by Crippen LogP contribution is 2.26. The molecule has 0 bridgehead atoms. The van der Waals surface area contributed by atoms with E-state index in [2.05, 4.69) is 12.2 Å². The number of carbonyl (C=O) groups is 1. The molecular weight excluding hydrogens is 228 g/mol. The van der Waals surface area contributed by atoms with Crippen molar-refractivity contribution in [2.24, 2.45) is 11.7 Å². The van der Waals surface area contributed by atoms with Crippen LogP contribution in [0.1, 0.15) is 25.3 Å². The van der Waals surface area contributed by atoms with Crippen molar-refractivity contribution < 1.29 is 9.90 Å². The standard InChI is InChI=1S/C14H20N2O2/c1-9-6-11(7-9)16-14(18)13(15)8-10-2-4-12(17)5-3-10/h2-5,9,11,13,17H,6-8,15H2,1H3,(H,16,18)/t9?,11?,13-/m0/s1. The Morgan fingerprint density at radius 3 is 2.61 bits per heavy atom. The van der Waals surface area contributed by atoms with Gasteiger partial charge in [-0.25, -0.2) is 0 Å². The maximum absolute atomic E-state index is 11.8. The number of hydrogen-bond donors (Lipinski definition) is 3. The summed E-state index contributed by atoms with van der Waals surface area (Å²) in [7, 11) is 0. The van der Waals surface area contributed by atoms with Crippen LogP contribution in [0.4, 0.5) is 0 Å². The van der Waals surface area contributed by atoms with E-state index in [1.54, 1.807) is 24.3 Å². The molecule has 0 aliphatic heterocycles. The van der Waals surface area contributed by atoms with Gasteiger partial charge >= 0.3 is 0 Å². The number of benzene rings is 1. The molecule has 0 saturated heterocycles. The predicted octanol–water partition coefficient (Wildman–Crippen LogP) is 1.18. The first-order chi connectivity index (χ1) is 8.54. The second-order valence-corrected chi connectivity index (χ2v) is 5.26. The molecular formula is C14H20N2O2. The summed E-state index contributed by atoms with van der Waals surface area (Å²) in [5, 5.41) is 12.1. The second-order valence-electron chi connectivity index (χ2n) is 5.26. The zero-order valence-corrected chi connectivity index (χ0v) is 10.6. The van der Waals surface area contributed by atoms with Crippen molar-refractivity contribution in [3.05, 3.63) is 29.8 Å². The Labute approximate surface area is 107 Å². The fraction of sp³-hybridized carbons (Fsp3) is 0.500. The zero-order chi connectivity index (χ0) is 13.1. The lowest BCUT2D eigenvalue weighted by Crippen LogP contribution is -2.50. The van der Waals surface area contributed by atoms with E-state index in [0.29, 0.717) is 18.4 Å². The summed E-state index contributed by atoms with van der Waals surface area (Å²) in [5.41, 5.74) is 6.83. The van der Waals surface area contributed by atoms with Crippen molar-refractivity contribution in [3.63, 3.8) is 0 Å². The maximum Gasteiger partial charge on any atom is 0.237 e. The molecule has 1 atom stereocenters.